The molecule has 0 spiro atoms. The fourth-order valence-electron chi connectivity index (χ4n) is 3.65. The van der Waals surface area contributed by atoms with Gasteiger partial charge >= 0.3 is 5.97 Å². The molecule has 1 aromatic carbocycles. The second kappa shape index (κ2) is 5.10. The molecule has 1 heterocycles. The smallest absolute Gasteiger partial charge is 0.335 e. The zero-order valence-electron chi connectivity index (χ0n) is 11.9. The lowest BCUT2D eigenvalue weighted by atomic mass is 10.0. The van der Waals surface area contributed by atoms with Gasteiger partial charge in [0, 0.05) is 13.1 Å². The molecule has 2 unspecified atom stereocenters. The predicted molar refractivity (Wildman–Crippen MR) is 77.7 cm³/mol. The van der Waals surface area contributed by atoms with E-state index in [0.29, 0.717) is 30.5 Å². The Morgan fingerprint density at radius 3 is 2.43 bits per heavy atom. The van der Waals surface area contributed by atoms with E-state index in [9.17, 15) is 13.2 Å². The van der Waals surface area contributed by atoms with Crippen molar-refractivity contribution < 1.29 is 18.3 Å². The third kappa shape index (κ3) is 2.36. The van der Waals surface area contributed by atoms with Crippen LogP contribution in [0.15, 0.2) is 23.1 Å². The van der Waals surface area contributed by atoms with Crippen LogP contribution in [0.3, 0.4) is 0 Å². The van der Waals surface area contributed by atoms with Gasteiger partial charge in [-0.15, -0.1) is 0 Å². The molecule has 0 bridgehead atoms. The average Bonchev–Trinajstić information content (AvgIpc) is 2.99. The maximum absolute atomic E-state index is 12.8. The zero-order chi connectivity index (χ0) is 15.2. The number of nitrogens with zero attached hydrogens (tertiary/aromatic N) is 1. The van der Waals surface area contributed by atoms with Gasteiger partial charge in [0.2, 0.25) is 10.0 Å². The van der Waals surface area contributed by atoms with Crippen LogP contribution in [0.25, 0.3) is 0 Å². The minimum absolute atomic E-state index is 0.0514. The van der Waals surface area contributed by atoms with E-state index in [0.717, 1.165) is 12.8 Å². The Morgan fingerprint density at radius 2 is 1.86 bits per heavy atom. The molecular formula is C15H19NO4S. The van der Waals surface area contributed by atoms with Crippen molar-refractivity contribution in [3.05, 3.63) is 29.3 Å². The van der Waals surface area contributed by atoms with Crippen LogP contribution in [0.1, 0.15) is 35.2 Å². The normalized spacial score (nSPS) is 26.0. The summed E-state index contributed by atoms with van der Waals surface area (Å²) in [6, 6.07) is 4.45. The van der Waals surface area contributed by atoms with E-state index >= 15 is 0 Å². The third-order valence-electron chi connectivity index (χ3n) is 4.83. The Hall–Kier alpha value is -1.40. The van der Waals surface area contributed by atoms with Crippen molar-refractivity contribution in [1.29, 1.82) is 0 Å². The Morgan fingerprint density at radius 1 is 1.24 bits per heavy atom. The number of carbonyl (C=O) groups is 1. The van der Waals surface area contributed by atoms with Crippen molar-refractivity contribution in [2.24, 2.45) is 11.8 Å². The van der Waals surface area contributed by atoms with Gasteiger partial charge in [-0.05, 0) is 49.3 Å². The van der Waals surface area contributed by atoms with E-state index in [-0.39, 0.29) is 10.5 Å². The number of aromatic carboxylic acids is 1. The third-order valence-corrected chi connectivity index (χ3v) is 6.80. The molecule has 5 nitrogen and oxygen atoms in total. The molecule has 1 aliphatic heterocycles. The van der Waals surface area contributed by atoms with E-state index in [4.69, 9.17) is 5.11 Å². The topological polar surface area (TPSA) is 74.7 Å². The van der Waals surface area contributed by atoms with Crippen molar-refractivity contribution >= 4 is 16.0 Å². The Kier molecular flexibility index (Phi) is 3.53. The van der Waals surface area contributed by atoms with Crippen molar-refractivity contribution in [2.45, 2.75) is 31.1 Å². The SMILES string of the molecule is Cc1c(C(=O)O)cccc1S(=O)(=O)N1CC2CCCC2C1. The first-order valence-corrected chi connectivity index (χ1v) is 8.68. The van der Waals surface area contributed by atoms with Crippen LogP contribution in [-0.4, -0.2) is 36.9 Å². The number of carboxylic acid groups (broad SMARTS) is 1. The van der Waals surface area contributed by atoms with Gasteiger partial charge in [-0.1, -0.05) is 12.5 Å². The van der Waals surface area contributed by atoms with Gasteiger partial charge in [0.1, 0.15) is 0 Å². The van der Waals surface area contributed by atoms with E-state index in [1.807, 2.05) is 0 Å². The molecule has 0 amide bonds. The van der Waals surface area contributed by atoms with Crippen LogP contribution in [0.4, 0.5) is 0 Å². The first kappa shape index (κ1) is 14.5. The average molecular weight is 309 g/mol. The molecule has 2 fully saturated rings. The maximum Gasteiger partial charge on any atom is 0.335 e. The molecule has 1 saturated carbocycles. The van der Waals surface area contributed by atoms with Gasteiger partial charge in [-0.3, -0.25) is 0 Å². The van der Waals surface area contributed by atoms with Gasteiger partial charge in [-0.25, -0.2) is 13.2 Å². The van der Waals surface area contributed by atoms with Gasteiger partial charge in [0.05, 0.1) is 10.5 Å². The number of benzene rings is 1. The number of hydrogen-bond acceptors (Lipinski definition) is 3. The van der Waals surface area contributed by atoms with Crippen molar-refractivity contribution in [1.82, 2.24) is 4.31 Å². The minimum atomic E-state index is -3.60. The molecule has 3 rings (SSSR count). The Balaban J connectivity index is 1.96. The summed E-state index contributed by atoms with van der Waals surface area (Å²) in [5.41, 5.74) is 0.373. The summed E-state index contributed by atoms with van der Waals surface area (Å²) in [5.74, 6) is -0.145. The molecule has 0 radical (unpaired) electrons. The molecule has 114 valence electrons. The molecule has 2 aliphatic rings. The van der Waals surface area contributed by atoms with Gasteiger partial charge in [-0.2, -0.15) is 4.31 Å². The molecule has 6 heteroatoms. The molecular weight excluding hydrogens is 290 g/mol. The van der Waals surface area contributed by atoms with E-state index in [1.54, 1.807) is 6.92 Å². The molecule has 0 aromatic heterocycles. The van der Waals surface area contributed by atoms with E-state index < -0.39 is 16.0 Å². The molecule has 2 atom stereocenters. The molecule has 1 aromatic rings. The van der Waals surface area contributed by atoms with Crippen LogP contribution in [0, 0.1) is 18.8 Å². The summed E-state index contributed by atoms with van der Waals surface area (Å²) < 4.78 is 27.1. The highest BCUT2D eigenvalue weighted by Gasteiger charge is 2.41. The lowest BCUT2D eigenvalue weighted by Crippen LogP contribution is -2.30. The first-order valence-electron chi connectivity index (χ1n) is 7.24. The highest BCUT2D eigenvalue weighted by atomic mass is 32.2. The van der Waals surface area contributed by atoms with Crippen LogP contribution in [0.2, 0.25) is 0 Å². The summed E-state index contributed by atoms with van der Waals surface area (Å²) in [7, 11) is -3.60. The highest BCUT2D eigenvalue weighted by Crippen LogP contribution is 2.40. The quantitative estimate of drug-likeness (QED) is 0.928. The zero-order valence-corrected chi connectivity index (χ0v) is 12.8. The number of rotatable bonds is 3. The Labute approximate surface area is 124 Å². The summed E-state index contributed by atoms with van der Waals surface area (Å²) in [6.07, 6.45) is 3.40. The summed E-state index contributed by atoms with van der Waals surface area (Å²) in [6.45, 7) is 2.71. The van der Waals surface area contributed by atoms with Crippen LogP contribution in [-0.2, 0) is 10.0 Å². The standard InChI is InChI=1S/C15H19NO4S/c1-10-13(15(17)18)6-3-7-14(10)21(19,20)16-8-11-4-2-5-12(11)9-16/h3,6-7,11-12H,2,4-5,8-9H2,1H3,(H,17,18). The molecule has 1 aliphatic carbocycles. The lowest BCUT2D eigenvalue weighted by molar-refractivity contribution is 0.0696. The van der Waals surface area contributed by atoms with Crippen LogP contribution in [0.5, 0.6) is 0 Å². The Bertz CT molecular complexity index is 671. The first-order chi connectivity index (χ1) is 9.91. The fourth-order valence-corrected chi connectivity index (χ4v) is 5.45. The van der Waals surface area contributed by atoms with Crippen LogP contribution < -0.4 is 0 Å². The number of carboxylic acids is 1. The minimum Gasteiger partial charge on any atom is -0.478 e. The summed E-state index contributed by atoms with van der Waals surface area (Å²) >= 11 is 0. The predicted octanol–water partition coefficient (Wildman–Crippen LogP) is 2.11. The maximum atomic E-state index is 12.8. The second-order valence-corrected chi connectivity index (χ2v) is 7.91. The van der Waals surface area contributed by atoms with Crippen molar-refractivity contribution in [3.8, 4) is 0 Å². The largest absolute Gasteiger partial charge is 0.478 e. The van der Waals surface area contributed by atoms with Gasteiger partial charge in [0.15, 0.2) is 0 Å². The summed E-state index contributed by atoms with van der Waals surface area (Å²) in [5, 5.41) is 9.14. The number of hydrogen-bond donors (Lipinski definition) is 1. The van der Waals surface area contributed by atoms with Crippen molar-refractivity contribution in [3.63, 3.8) is 0 Å². The monoisotopic (exact) mass is 309 g/mol. The highest BCUT2D eigenvalue weighted by molar-refractivity contribution is 7.89. The fraction of sp³-hybridized carbons (Fsp3) is 0.533. The number of sulfonamides is 1. The summed E-state index contributed by atoms with van der Waals surface area (Å²) in [4.78, 5) is 11.3. The van der Waals surface area contributed by atoms with Crippen molar-refractivity contribution in [2.75, 3.05) is 13.1 Å². The second-order valence-electron chi connectivity index (χ2n) is 6.01. The van der Waals surface area contributed by atoms with E-state index in [1.165, 1.54) is 28.9 Å². The van der Waals surface area contributed by atoms with Crippen LogP contribution >= 0.6 is 0 Å². The molecule has 21 heavy (non-hydrogen) atoms. The van der Waals surface area contributed by atoms with Gasteiger partial charge < -0.3 is 5.11 Å². The van der Waals surface area contributed by atoms with E-state index in [2.05, 4.69) is 0 Å². The van der Waals surface area contributed by atoms with Gasteiger partial charge in [0.25, 0.3) is 0 Å². The molecule has 1 N–H and O–H groups in total. The lowest BCUT2D eigenvalue weighted by Gasteiger charge is -2.19. The number of fused-ring (bicyclic) bond motifs is 1. The molecule has 1 saturated heterocycles.